The summed E-state index contributed by atoms with van der Waals surface area (Å²) in [5, 5.41) is 0. The van der Waals surface area contributed by atoms with Crippen molar-refractivity contribution in [2.75, 3.05) is 20.3 Å². The van der Waals surface area contributed by atoms with Crippen LogP contribution in [0.1, 0.15) is 47.9 Å². The molecule has 2 aromatic heterocycles. The molecular weight excluding hydrogens is 416 g/mol. The molecule has 4 rings (SSSR count). The number of carbonyl (C=O) groups excluding carboxylic acids is 1. The van der Waals surface area contributed by atoms with Crippen LogP contribution in [-0.2, 0) is 4.79 Å². The molecule has 3 aromatic rings. The Balaban J connectivity index is 1.61. The third-order valence-corrected chi connectivity index (χ3v) is 6.06. The lowest BCUT2D eigenvalue weighted by atomic mass is 9.92. The van der Waals surface area contributed by atoms with Crippen LogP contribution in [0, 0.1) is 20.8 Å². The number of nitrogens with zero attached hydrogens (tertiary/aromatic N) is 4. The largest absolute Gasteiger partial charge is 0.493 e. The van der Waals surface area contributed by atoms with Crippen molar-refractivity contribution in [3.8, 4) is 22.6 Å². The first-order chi connectivity index (χ1) is 16.0. The van der Waals surface area contributed by atoms with Crippen molar-refractivity contribution in [3.05, 3.63) is 65.5 Å². The third-order valence-electron chi connectivity index (χ3n) is 6.06. The van der Waals surface area contributed by atoms with E-state index in [1.54, 1.807) is 13.3 Å². The highest BCUT2D eigenvalue weighted by Gasteiger charge is 2.31. The number of amides is 1. The van der Waals surface area contributed by atoms with Gasteiger partial charge in [0.2, 0.25) is 0 Å². The maximum absolute atomic E-state index is 13.3. The zero-order chi connectivity index (χ0) is 23.4. The average Bonchev–Trinajstić information content (AvgIpc) is 2.83. The Morgan fingerprint density at radius 3 is 2.73 bits per heavy atom. The number of carbonyl (C=O) groups is 1. The maximum Gasteiger partial charge on any atom is 0.261 e. The van der Waals surface area contributed by atoms with Gasteiger partial charge in [0.05, 0.1) is 18.8 Å². The van der Waals surface area contributed by atoms with Gasteiger partial charge < -0.3 is 14.4 Å². The van der Waals surface area contributed by atoms with Crippen LogP contribution in [0.4, 0.5) is 0 Å². The molecule has 33 heavy (non-hydrogen) atoms. The van der Waals surface area contributed by atoms with E-state index in [1.165, 1.54) is 0 Å². The number of aromatic nitrogens is 3. The van der Waals surface area contributed by atoms with E-state index in [0.29, 0.717) is 23.9 Å². The standard InChI is InChI=1S/C26H30N4O3/c1-17-8-9-23(24(13-17)32-4)33-16-25(31)30-12-6-5-7-22(30)26-21(15-28-19(3)29-26)20-10-11-27-14-18(20)2/h8-11,13-15,22H,5-7,12,16H2,1-4H3/t22-/m0/s1. The first-order valence-electron chi connectivity index (χ1n) is 11.3. The highest BCUT2D eigenvalue weighted by atomic mass is 16.5. The molecule has 3 heterocycles. The molecule has 0 spiro atoms. The monoisotopic (exact) mass is 446 g/mol. The average molecular weight is 447 g/mol. The third kappa shape index (κ3) is 4.97. The number of aryl methyl sites for hydroxylation is 3. The van der Waals surface area contributed by atoms with Crippen molar-refractivity contribution in [1.82, 2.24) is 19.9 Å². The van der Waals surface area contributed by atoms with E-state index in [9.17, 15) is 4.79 Å². The lowest BCUT2D eigenvalue weighted by Crippen LogP contribution is -2.41. The second-order valence-electron chi connectivity index (χ2n) is 8.45. The number of ether oxygens (including phenoxy) is 2. The minimum absolute atomic E-state index is 0.0520. The van der Waals surface area contributed by atoms with Crippen LogP contribution >= 0.6 is 0 Å². The van der Waals surface area contributed by atoms with Crippen LogP contribution in [-0.4, -0.2) is 46.0 Å². The highest BCUT2D eigenvalue weighted by molar-refractivity contribution is 5.79. The van der Waals surface area contributed by atoms with E-state index in [-0.39, 0.29) is 18.6 Å². The van der Waals surface area contributed by atoms with Crippen molar-refractivity contribution in [2.45, 2.75) is 46.1 Å². The molecule has 1 aliphatic heterocycles. The molecule has 1 atom stereocenters. The Bertz CT molecular complexity index is 1150. The van der Waals surface area contributed by atoms with Crippen LogP contribution in [0.2, 0.25) is 0 Å². The van der Waals surface area contributed by atoms with Crippen molar-refractivity contribution < 1.29 is 14.3 Å². The first-order valence-corrected chi connectivity index (χ1v) is 11.3. The summed E-state index contributed by atoms with van der Waals surface area (Å²) in [5.41, 5.74) is 5.00. The Labute approximate surface area is 194 Å². The van der Waals surface area contributed by atoms with Gasteiger partial charge in [0, 0.05) is 30.7 Å². The van der Waals surface area contributed by atoms with Gasteiger partial charge in [-0.05, 0) is 74.9 Å². The molecule has 1 amide bonds. The van der Waals surface area contributed by atoms with Crippen molar-refractivity contribution in [2.24, 2.45) is 0 Å². The lowest BCUT2D eigenvalue weighted by Gasteiger charge is -2.36. The van der Waals surface area contributed by atoms with Crippen LogP contribution in [0.15, 0.2) is 42.9 Å². The molecule has 0 bridgehead atoms. The molecule has 1 fully saturated rings. The van der Waals surface area contributed by atoms with Crippen LogP contribution in [0.25, 0.3) is 11.1 Å². The van der Waals surface area contributed by atoms with Gasteiger partial charge in [-0.2, -0.15) is 0 Å². The minimum atomic E-state index is -0.126. The summed E-state index contributed by atoms with van der Waals surface area (Å²) in [6.45, 7) is 6.52. The highest BCUT2D eigenvalue weighted by Crippen LogP contribution is 2.37. The fourth-order valence-corrected chi connectivity index (χ4v) is 4.36. The van der Waals surface area contributed by atoms with Crippen LogP contribution in [0.5, 0.6) is 11.5 Å². The second-order valence-corrected chi connectivity index (χ2v) is 8.45. The molecule has 1 aliphatic rings. The van der Waals surface area contributed by atoms with Gasteiger partial charge in [-0.15, -0.1) is 0 Å². The smallest absolute Gasteiger partial charge is 0.261 e. The summed E-state index contributed by atoms with van der Waals surface area (Å²) < 4.78 is 11.3. The van der Waals surface area contributed by atoms with E-state index in [0.717, 1.165) is 47.2 Å². The lowest BCUT2D eigenvalue weighted by molar-refractivity contribution is -0.137. The summed E-state index contributed by atoms with van der Waals surface area (Å²) in [6, 6.07) is 7.54. The fourth-order valence-electron chi connectivity index (χ4n) is 4.36. The molecular formula is C26H30N4O3. The molecule has 0 saturated carbocycles. The van der Waals surface area contributed by atoms with Crippen molar-refractivity contribution in [1.29, 1.82) is 0 Å². The summed E-state index contributed by atoms with van der Waals surface area (Å²) >= 11 is 0. The fraction of sp³-hybridized carbons (Fsp3) is 0.385. The maximum atomic E-state index is 13.3. The van der Waals surface area contributed by atoms with Gasteiger partial charge in [0.15, 0.2) is 18.1 Å². The predicted octanol–water partition coefficient (Wildman–Crippen LogP) is 4.61. The number of likely N-dealkylation sites (tertiary alicyclic amines) is 1. The summed E-state index contributed by atoms with van der Waals surface area (Å²) in [5.74, 6) is 1.82. The number of rotatable bonds is 6. The quantitative estimate of drug-likeness (QED) is 0.551. The molecule has 0 N–H and O–H groups in total. The predicted molar refractivity (Wildman–Crippen MR) is 126 cm³/mol. The molecule has 1 aromatic carbocycles. The zero-order valence-electron chi connectivity index (χ0n) is 19.7. The topological polar surface area (TPSA) is 77.4 Å². The molecule has 172 valence electrons. The molecule has 0 unspecified atom stereocenters. The number of benzene rings is 1. The Kier molecular flexibility index (Phi) is 6.87. The summed E-state index contributed by atoms with van der Waals surface area (Å²) in [6.07, 6.45) is 8.34. The van der Waals surface area contributed by atoms with E-state index in [2.05, 4.69) is 9.97 Å². The molecule has 1 saturated heterocycles. The van der Waals surface area contributed by atoms with Crippen LogP contribution < -0.4 is 9.47 Å². The number of methoxy groups -OCH3 is 1. The number of piperidine rings is 1. The van der Waals surface area contributed by atoms with Gasteiger partial charge in [-0.1, -0.05) is 6.07 Å². The van der Waals surface area contributed by atoms with Crippen molar-refractivity contribution >= 4 is 5.91 Å². The summed E-state index contributed by atoms with van der Waals surface area (Å²) in [7, 11) is 1.60. The molecule has 0 radical (unpaired) electrons. The van der Waals surface area contributed by atoms with Gasteiger partial charge in [-0.3, -0.25) is 9.78 Å². The SMILES string of the molecule is COc1cc(C)ccc1OCC(=O)N1CCCC[C@H]1c1nc(C)ncc1-c1ccncc1C. The number of pyridine rings is 1. The molecule has 7 nitrogen and oxygen atoms in total. The van der Waals surface area contributed by atoms with E-state index in [1.807, 2.05) is 62.3 Å². The van der Waals surface area contributed by atoms with Crippen molar-refractivity contribution in [3.63, 3.8) is 0 Å². The number of hydrogen-bond acceptors (Lipinski definition) is 6. The van der Waals surface area contributed by atoms with Gasteiger partial charge in [0.1, 0.15) is 5.82 Å². The zero-order valence-corrected chi connectivity index (χ0v) is 19.7. The minimum Gasteiger partial charge on any atom is -0.493 e. The Hall–Kier alpha value is -3.48. The second kappa shape index (κ2) is 9.98. The van der Waals surface area contributed by atoms with Gasteiger partial charge in [0.25, 0.3) is 5.91 Å². The van der Waals surface area contributed by atoms with Crippen LogP contribution in [0.3, 0.4) is 0 Å². The molecule has 0 aliphatic carbocycles. The van der Waals surface area contributed by atoms with Gasteiger partial charge >= 0.3 is 0 Å². The Morgan fingerprint density at radius 2 is 1.94 bits per heavy atom. The normalized spacial score (nSPS) is 15.9. The van der Waals surface area contributed by atoms with E-state index >= 15 is 0 Å². The molecule has 7 heteroatoms. The van der Waals surface area contributed by atoms with Gasteiger partial charge in [-0.25, -0.2) is 9.97 Å². The van der Waals surface area contributed by atoms with E-state index in [4.69, 9.17) is 14.5 Å². The number of hydrogen-bond donors (Lipinski definition) is 0. The Morgan fingerprint density at radius 1 is 1.09 bits per heavy atom. The summed E-state index contributed by atoms with van der Waals surface area (Å²) in [4.78, 5) is 28.7. The van der Waals surface area contributed by atoms with E-state index < -0.39 is 0 Å². The first kappa shape index (κ1) is 22.7.